The molecule has 0 aromatic carbocycles. The maximum absolute atomic E-state index is 5.96. The SMILES string of the molecule is CCC(CC)(CCCN(CC1CCCO1)CC1CCCO1)O[SiH3]. The lowest BCUT2D eigenvalue weighted by Crippen LogP contribution is -2.39. The van der Waals surface area contributed by atoms with E-state index in [2.05, 4.69) is 18.7 Å². The van der Waals surface area contributed by atoms with Crippen molar-refractivity contribution in [3.63, 3.8) is 0 Å². The van der Waals surface area contributed by atoms with Gasteiger partial charge in [0.2, 0.25) is 0 Å². The first-order valence-corrected chi connectivity index (χ1v) is 10.5. The molecule has 0 aromatic rings. The van der Waals surface area contributed by atoms with Crippen molar-refractivity contribution in [3.8, 4) is 0 Å². The van der Waals surface area contributed by atoms with Gasteiger partial charge in [-0.2, -0.15) is 0 Å². The minimum Gasteiger partial charge on any atom is -0.422 e. The number of ether oxygens (including phenoxy) is 2. The molecule has 23 heavy (non-hydrogen) atoms. The quantitative estimate of drug-likeness (QED) is 0.539. The summed E-state index contributed by atoms with van der Waals surface area (Å²) in [6.07, 6.45) is 10.4. The van der Waals surface area contributed by atoms with Crippen LogP contribution < -0.4 is 0 Å². The predicted octanol–water partition coefficient (Wildman–Crippen LogP) is 2.28. The van der Waals surface area contributed by atoms with E-state index in [1.165, 1.54) is 38.5 Å². The highest BCUT2D eigenvalue weighted by Gasteiger charge is 2.27. The Labute approximate surface area is 145 Å². The van der Waals surface area contributed by atoms with E-state index in [0.29, 0.717) is 12.2 Å². The summed E-state index contributed by atoms with van der Waals surface area (Å²) in [7, 11) is 0.839. The zero-order chi connectivity index (χ0) is 16.5. The molecule has 0 N–H and O–H groups in total. The van der Waals surface area contributed by atoms with Gasteiger partial charge in [0.15, 0.2) is 0 Å². The zero-order valence-electron chi connectivity index (χ0n) is 15.5. The maximum atomic E-state index is 5.96. The molecule has 2 aliphatic heterocycles. The van der Waals surface area contributed by atoms with E-state index in [1.54, 1.807) is 0 Å². The van der Waals surface area contributed by atoms with Gasteiger partial charge in [-0.25, -0.2) is 0 Å². The molecule has 0 saturated carbocycles. The molecule has 0 aliphatic carbocycles. The van der Waals surface area contributed by atoms with Gasteiger partial charge < -0.3 is 13.9 Å². The first-order chi connectivity index (χ1) is 11.2. The smallest absolute Gasteiger partial charge is 0.146 e. The predicted molar refractivity (Wildman–Crippen MR) is 98.0 cm³/mol. The van der Waals surface area contributed by atoms with E-state index in [9.17, 15) is 0 Å². The van der Waals surface area contributed by atoms with Gasteiger partial charge >= 0.3 is 0 Å². The third-order valence-electron chi connectivity index (χ3n) is 5.80. The third kappa shape index (κ3) is 6.13. The van der Waals surface area contributed by atoms with Crippen LogP contribution in [0.15, 0.2) is 0 Å². The Balaban J connectivity index is 1.80. The van der Waals surface area contributed by atoms with E-state index < -0.39 is 0 Å². The average molecular weight is 344 g/mol. The van der Waals surface area contributed by atoms with E-state index in [1.807, 2.05) is 0 Å². The number of hydrogen-bond acceptors (Lipinski definition) is 4. The van der Waals surface area contributed by atoms with Crippen LogP contribution in [0.5, 0.6) is 0 Å². The minimum atomic E-state index is 0.131. The van der Waals surface area contributed by atoms with Crippen molar-refractivity contribution in [2.24, 2.45) is 0 Å². The molecule has 0 spiro atoms. The second-order valence-electron chi connectivity index (χ2n) is 7.23. The summed E-state index contributed by atoms with van der Waals surface area (Å²) in [4.78, 5) is 2.59. The lowest BCUT2D eigenvalue weighted by Gasteiger charge is -2.33. The van der Waals surface area contributed by atoms with Crippen LogP contribution in [0.1, 0.15) is 65.2 Å². The van der Waals surface area contributed by atoms with Crippen LogP contribution in [-0.2, 0) is 13.9 Å². The molecule has 2 fully saturated rings. The van der Waals surface area contributed by atoms with Gasteiger partial charge in [0.25, 0.3) is 0 Å². The average Bonchev–Trinajstić information content (AvgIpc) is 3.26. The lowest BCUT2D eigenvalue weighted by molar-refractivity contribution is 0.0279. The molecule has 5 heteroatoms. The molecule has 136 valence electrons. The molecule has 2 atom stereocenters. The van der Waals surface area contributed by atoms with E-state index >= 15 is 0 Å². The number of hydrogen-bond donors (Lipinski definition) is 0. The molecule has 4 nitrogen and oxygen atoms in total. The summed E-state index contributed by atoms with van der Waals surface area (Å²) in [5.41, 5.74) is 0.131. The van der Waals surface area contributed by atoms with Crippen LogP contribution in [0.2, 0.25) is 0 Å². The van der Waals surface area contributed by atoms with Crippen molar-refractivity contribution >= 4 is 10.5 Å². The second kappa shape index (κ2) is 10.1. The summed E-state index contributed by atoms with van der Waals surface area (Å²) in [5, 5.41) is 0. The fraction of sp³-hybridized carbons (Fsp3) is 1.00. The fourth-order valence-electron chi connectivity index (χ4n) is 4.03. The van der Waals surface area contributed by atoms with Crippen LogP contribution in [-0.4, -0.2) is 66.0 Å². The zero-order valence-corrected chi connectivity index (χ0v) is 17.5. The summed E-state index contributed by atoms with van der Waals surface area (Å²) in [6.45, 7) is 9.71. The van der Waals surface area contributed by atoms with Crippen molar-refractivity contribution in [3.05, 3.63) is 0 Å². The number of nitrogens with zero attached hydrogens (tertiary/aromatic N) is 1. The van der Waals surface area contributed by atoms with Crippen molar-refractivity contribution in [2.75, 3.05) is 32.8 Å². The first-order valence-electron chi connectivity index (χ1n) is 9.72. The van der Waals surface area contributed by atoms with E-state index in [4.69, 9.17) is 13.9 Å². The maximum Gasteiger partial charge on any atom is 0.146 e. The van der Waals surface area contributed by atoms with Gasteiger partial charge in [0.1, 0.15) is 10.5 Å². The Morgan fingerprint density at radius 1 is 1.04 bits per heavy atom. The molecular formula is C18H37NO3Si. The van der Waals surface area contributed by atoms with Gasteiger partial charge in [0, 0.05) is 26.3 Å². The molecule has 2 rings (SSSR count). The second-order valence-corrected chi connectivity index (χ2v) is 7.64. The number of rotatable bonds is 11. The highest BCUT2D eigenvalue weighted by molar-refractivity contribution is 5.98. The summed E-state index contributed by atoms with van der Waals surface area (Å²) >= 11 is 0. The van der Waals surface area contributed by atoms with Crippen LogP contribution in [0.3, 0.4) is 0 Å². The first kappa shape index (κ1) is 19.4. The van der Waals surface area contributed by atoms with Gasteiger partial charge in [-0.15, -0.1) is 0 Å². The summed E-state index contributed by atoms with van der Waals surface area (Å²) < 4.78 is 17.7. The Kier molecular flexibility index (Phi) is 8.54. The van der Waals surface area contributed by atoms with Gasteiger partial charge in [0.05, 0.1) is 17.8 Å². The lowest BCUT2D eigenvalue weighted by atomic mass is 9.92. The van der Waals surface area contributed by atoms with E-state index in [-0.39, 0.29) is 5.60 Å². The van der Waals surface area contributed by atoms with Crippen molar-refractivity contribution < 1.29 is 13.9 Å². The highest BCUT2D eigenvalue weighted by atomic mass is 28.2. The van der Waals surface area contributed by atoms with Gasteiger partial charge in [-0.1, -0.05) is 13.8 Å². The van der Waals surface area contributed by atoms with Crippen molar-refractivity contribution in [1.82, 2.24) is 4.90 Å². The Morgan fingerprint density at radius 3 is 2.00 bits per heavy atom. The third-order valence-corrected chi connectivity index (χ3v) is 6.67. The topological polar surface area (TPSA) is 30.9 Å². The highest BCUT2D eigenvalue weighted by Crippen LogP contribution is 2.26. The molecule has 0 radical (unpaired) electrons. The monoisotopic (exact) mass is 343 g/mol. The summed E-state index contributed by atoms with van der Waals surface area (Å²) in [6, 6.07) is 0. The Hall–Kier alpha value is 0.0569. The van der Waals surface area contributed by atoms with Crippen LogP contribution in [0, 0.1) is 0 Å². The van der Waals surface area contributed by atoms with Crippen LogP contribution in [0.25, 0.3) is 0 Å². The van der Waals surface area contributed by atoms with Crippen molar-refractivity contribution in [1.29, 1.82) is 0 Å². The normalized spacial score (nSPS) is 25.7. The van der Waals surface area contributed by atoms with Crippen LogP contribution in [0.4, 0.5) is 0 Å². The van der Waals surface area contributed by atoms with Crippen molar-refractivity contribution in [2.45, 2.75) is 83.0 Å². The molecular weight excluding hydrogens is 306 g/mol. The minimum absolute atomic E-state index is 0.131. The van der Waals surface area contributed by atoms with Gasteiger partial charge in [-0.3, -0.25) is 4.90 Å². The van der Waals surface area contributed by atoms with Crippen LogP contribution >= 0.6 is 0 Å². The molecule has 2 saturated heterocycles. The standard InChI is InChI=1S/C18H37NO3Si/c1-3-18(4-2,22-23)10-7-11-19(14-16-8-5-12-20-16)15-17-9-6-13-21-17/h16-17H,3-15H2,1-2,23H3. The molecule has 0 bridgehead atoms. The molecule has 2 aliphatic rings. The summed E-state index contributed by atoms with van der Waals surface area (Å²) in [5.74, 6) is 0. The fourth-order valence-corrected chi connectivity index (χ4v) is 4.81. The Morgan fingerprint density at radius 2 is 1.61 bits per heavy atom. The largest absolute Gasteiger partial charge is 0.422 e. The molecule has 0 amide bonds. The Bertz CT molecular complexity index is 287. The molecule has 2 unspecified atom stereocenters. The molecule has 2 heterocycles. The molecule has 0 aromatic heterocycles. The van der Waals surface area contributed by atoms with E-state index in [0.717, 1.165) is 56.2 Å². The van der Waals surface area contributed by atoms with Gasteiger partial charge in [-0.05, 0) is 57.9 Å².